The SMILES string of the molecule is CCOC(=O)C(OCC)c1c(C)sc(C2=CCOCC2)c1-c1ccc2c(c1)CCCO2. The van der Waals surface area contributed by atoms with Crippen molar-refractivity contribution in [2.45, 2.75) is 46.1 Å². The van der Waals surface area contributed by atoms with E-state index in [0.29, 0.717) is 26.4 Å². The maximum absolute atomic E-state index is 12.9. The molecule has 3 heterocycles. The minimum atomic E-state index is -0.738. The fourth-order valence-electron chi connectivity index (χ4n) is 4.29. The van der Waals surface area contributed by atoms with Gasteiger partial charge in [0, 0.05) is 27.5 Å². The lowest BCUT2D eigenvalue weighted by molar-refractivity contribution is -0.157. The molecule has 0 aliphatic carbocycles. The molecule has 0 bridgehead atoms. The first-order chi connectivity index (χ1) is 15.1. The number of hydrogen-bond acceptors (Lipinski definition) is 6. The number of fused-ring (bicyclic) bond motifs is 1. The van der Waals surface area contributed by atoms with Crippen LogP contribution in [0.25, 0.3) is 16.7 Å². The van der Waals surface area contributed by atoms with Crippen molar-refractivity contribution in [2.75, 3.05) is 33.0 Å². The highest BCUT2D eigenvalue weighted by molar-refractivity contribution is 7.13. The molecule has 1 aromatic carbocycles. The van der Waals surface area contributed by atoms with E-state index in [1.165, 1.54) is 16.0 Å². The quantitative estimate of drug-likeness (QED) is 0.531. The number of benzene rings is 1. The van der Waals surface area contributed by atoms with Gasteiger partial charge in [-0.3, -0.25) is 0 Å². The van der Waals surface area contributed by atoms with E-state index in [2.05, 4.69) is 31.2 Å². The van der Waals surface area contributed by atoms with E-state index >= 15 is 0 Å². The molecule has 4 rings (SSSR count). The van der Waals surface area contributed by atoms with Crippen LogP contribution in [0.15, 0.2) is 24.3 Å². The van der Waals surface area contributed by atoms with Gasteiger partial charge in [0.1, 0.15) is 5.75 Å². The zero-order valence-corrected chi connectivity index (χ0v) is 19.3. The molecular weight excluding hydrogens is 412 g/mol. The molecule has 0 radical (unpaired) electrons. The summed E-state index contributed by atoms with van der Waals surface area (Å²) in [6.45, 7) is 8.65. The van der Waals surface area contributed by atoms with Gasteiger partial charge in [0.05, 0.1) is 26.4 Å². The van der Waals surface area contributed by atoms with Gasteiger partial charge in [0.25, 0.3) is 0 Å². The second-order valence-electron chi connectivity index (χ2n) is 7.69. The first-order valence-corrected chi connectivity index (χ1v) is 11.9. The van der Waals surface area contributed by atoms with Crippen LogP contribution in [0.4, 0.5) is 0 Å². The lowest BCUT2D eigenvalue weighted by Crippen LogP contribution is -2.20. The van der Waals surface area contributed by atoms with E-state index in [9.17, 15) is 4.79 Å². The predicted molar refractivity (Wildman–Crippen MR) is 123 cm³/mol. The topological polar surface area (TPSA) is 54.0 Å². The van der Waals surface area contributed by atoms with Crippen molar-refractivity contribution in [1.29, 1.82) is 0 Å². The highest BCUT2D eigenvalue weighted by Gasteiger charge is 2.32. The van der Waals surface area contributed by atoms with E-state index in [-0.39, 0.29) is 5.97 Å². The second-order valence-corrected chi connectivity index (χ2v) is 8.92. The summed E-state index contributed by atoms with van der Waals surface area (Å²) in [5.74, 6) is 0.627. The lowest BCUT2D eigenvalue weighted by Gasteiger charge is -2.22. The van der Waals surface area contributed by atoms with E-state index < -0.39 is 6.10 Å². The number of hydrogen-bond donors (Lipinski definition) is 0. The Bertz CT molecular complexity index is 975. The molecule has 31 heavy (non-hydrogen) atoms. The average molecular weight is 443 g/mol. The highest BCUT2D eigenvalue weighted by atomic mass is 32.1. The number of aryl methyl sites for hydroxylation is 2. The third-order valence-corrected chi connectivity index (χ3v) is 6.88. The fourth-order valence-corrected chi connectivity index (χ4v) is 5.56. The van der Waals surface area contributed by atoms with Crippen LogP contribution >= 0.6 is 11.3 Å². The Morgan fingerprint density at radius 2 is 2.06 bits per heavy atom. The average Bonchev–Trinajstić information content (AvgIpc) is 3.14. The Balaban J connectivity index is 1.89. The molecule has 0 fully saturated rings. The van der Waals surface area contributed by atoms with E-state index in [0.717, 1.165) is 53.2 Å². The number of carbonyl (C=O) groups is 1. The molecule has 2 aliphatic heterocycles. The van der Waals surface area contributed by atoms with Gasteiger partial charge in [-0.1, -0.05) is 12.1 Å². The van der Waals surface area contributed by atoms with Crippen LogP contribution in [0, 0.1) is 6.92 Å². The molecule has 0 saturated heterocycles. The van der Waals surface area contributed by atoms with Gasteiger partial charge in [-0.05, 0) is 68.9 Å². The molecule has 2 aromatic rings. The molecule has 0 amide bonds. The van der Waals surface area contributed by atoms with Crippen LogP contribution in [0.1, 0.15) is 53.7 Å². The van der Waals surface area contributed by atoms with Crippen molar-refractivity contribution in [1.82, 2.24) is 0 Å². The Morgan fingerprint density at radius 3 is 2.81 bits per heavy atom. The van der Waals surface area contributed by atoms with Crippen LogP contribution in [0.5, 0.6) is 5.75 Å². The first kappa shape index (κ1) is 22.1. The Labute approximate surface area is 188 Å². The first-order valence-electron chi connectivity index (χ1n) is 11.1. The van der Waals surface area contributed by atoms with Crippen molar-refractivity contribution in [3.8, 4) is 16.9 Å². The van der Waals surface area contributed by atoms with Crippen LogP contribution in [0.3, 0.4) is 0 Å². The Morgan fingerprint density at radius 1 is 1.19 bits per heavy atom. The van der Waals surface area contributed by atoms with E-state index in [1.807, 2.05) is 13.8 Å². The molecule has 5 nitrogen and oxygen atoms in total. The summed E-state index contributed by atoms with van der Waals surface area (Å²) in [5, 5.41) is 0. The molecule has 166 valence electrons. The van der Waals surface area contributed by atoms with Gasteiger partial charge in [0.2, 0.25) is 0 Å². The van der Waals surface area contributed by atoms with Gasteiger partial charge in [0.15, 0.2) is 6.10 Å². The summed E-state index contributed by atoms with van der Waals surface area (Å²) in [7, 11) is 0. The normalized spacial score (nSPS) is 16.8. The molecule has 1 aromatic heterocycles. The van der Waals surface area contributed by atoms with Crippen LogP contribution < -0.4 is 4.74 Å². The van der Waals surface area contributed by atoms with Crippen LogP contribution in [0.2, 0.25) is 0 Å². The van der Waals surface area contributed by atoms with Gasteiger partial charge < -0.3 is 18.9 Å². The zero-order chi connectivity index (χ0) is 21.8. The Hall–Kier alpha value is -2.15. The van der Waals surface area contributed by atoms with Gasteiger partial charge in [-0.2, -0.15) is 0 Å². The van der Waals surface area contributed by atoms with Crippen LogP contribution in [-0.4, -0.2) is 39.0 Å². The zero-order valence-electron chi connectivity index (χ0n) is 18.5. The van der Waals surface area contributed by atoms with Crippen molar-refractivity contribution in [3.05, 3.63) is 45.2 Å². The minimum Gasteiger partial charge on any atom is -0.493 e. The van der Waals surface area contributed by atoms with Gasteiger partial charge in [-0.15, -0.1) is 11.3 Å². The number of rotatable bonds is 7. The number of esters is 1. The van der Waals surface area contributed by atoms with Crippen molar-refractivity contribution in [2.24, 2.45) is 0 Å². The third kappa shape index (κ3) is 4.56. The van der Waals surface area contributed by atoms with Crippen molar-refractivity contribution in [3.63, 3.8) is 0 Å². The monoisotopic (exact) mass is 442 g/mol. The standard InChI is InChI=1S/C25H30O5S/c1-4-28-23(25(26)29-5-2)21-16(3)31-24(17-10-13-27-14-11-17)22(21)19-8-9-20-18(15-19)7-6-12-30-20/h8-10,15,23H,4-7,11-14H2,1-3H3. The maximum atomic E-state index is 12.9. The predicted octanol–water partition coefficient (Wildman–Crippen LogP) is 5.49. The highest BCUT2D eigenvalue weighted by Crippen LogP contribution is 2.46. The summed E-state index contributed by atoms with van der Waals surface area (Å²) in [6.07, 6.45) is 4.30. The number of thiophene rings is 1. The van der Waals surface area contributed by atoms with Crippen molar-refractivity contribution >= 4 is 22.9 Å². The maximum Gasteiger partial charge on any atom is 0.339 e. The smallest absolute Gasteiger partial charge is 0.339 e. The van der Waals surface area contributed by atoms with Gasteiger partial charge in [-0.25, -0.2) is 4.79 Å². The summed E-state index contributed by atoms with van der Waals surface area (Å²) < 4.78 is 22.7. The molecule has 0 saturated carbocycles. The van der Waals surface area contributed by atoms with E-state index in [4.69, 9.17) is 18.9 Å². The summed E-state index contributed by atoms with van der Waals surface area (Å²) in [5.41, 5.74) is 5.59. The summed E-state index contributed by atoms with van der Waals surface area (Å²) >= 11 is 1.73. The largest absolute Gasteiger partial charge is 0.493 e. The fraction of sp³-hybridized carbons (Fsp3) is 0.480. The van der Waals surface area contributed by atoms with Gasteiger partial charge >= 0.3 is 5.97 Å². The number of carbonyl (C=O) groups excluding carboxylic acids is 1. The third-order valence-electron chi connectivity index (χ3n) is 5.68. The molecule has 1 unspecified atom stereocenters. The molecule has 6 heteroatoms. The Kier molecular flexibility index (Phi) is 7.10. The summed E-state index contributed by atoms with van der Waals surface area (Å²) in [6, 6.07) is 6.38. The second kappa shape index (κ2) is 9.98. The molecule has 1 atom stereocenters. The lowest BCUT2D eigenvalue weighted by atomic mass is 9.91. The summed E-state index contributed by atoms with van der Waals surface area (Å²) in [4.78, 5) is 15.2. The minimum absolute atomic E-state index is 0.326. The van der Waals surface area contributed by atoms with Crippen molar-refractivity contribution < 1.29 is 23.7 Å². The number of ether oxygens (including phenoxy) is 4. The molecular formula is C25H30O5S. The van der Waals surface area contributed by atoms with Crippen LogP contribution in [-0.2, 0) is 25.4 Å². The molecule has 0 N–H and O–H groups in total. The molecule has 0 spiro atoms. The molecule has 2 aliphatic rings. The van der Waals surface area contributed by atoms with E-state index in [1.54, 1.807) is 11.3 Å².